The number of rotatable bonds is 5. The molecule has 4 heteroatoms. The number of nitrogens with zero attached hydrogens (tertiary/aromatic N) is 2. The molecular formula is C11H15BrN2O. The van der Waals surface area contributed by atoms with Gasteiger partial charge in [-0.3, -0.25) is 9.48 Å². The standard InChI is InChI=1S/C11H15BrN2O/c1-4-6-9(15)7-10-11(12)8(3)13-14(10)5-2/h4H,1,5-7H2,2-3H3. The smallest absolute Gasteiger partial charge is 0.142 e. The predicted molar refractivity (Wildman–Crippen MR) is 63.9 cm³/mol. The van der Waals surface area contributed by atoms with Gasteiger partial charge in [-0.15, -0.1) is 6.58 Å². The topological polar surface area (TPSA) is 34.9 Å². The van der Waals surface area contributed by atoms with Crippen LogP contribution in [-0.4, -0.2) is 15.6 Å². The molecule has 0 saturated carbocycles. The van der Waals surface area contributed by atoms with E-state index in [-0.39, 0.29) is 5.78 Å². The van der Waals surface area contributed by atoms with Gasteiger partial charge in [0.15, 0.2) is 0 Å². The number of aryl methyl sites for hydroxylation is 2. The molecule has 0 bridgehead atoms. The van der Waals surface area contributed by atoms with Gasteiger partial charge in [-0.05, 0) is 29.8 Å². The van der Waals surface area contributed by atoms with Crippen LogP contribution in [0.1, 0.15) is 24.7 Å². The van der Waals surface area contributed by atoms with Crippen LogP contribution in [-0.2, 0) is 17.8 Å². The highest BCUT2D eigenvalue weighted by Crippen LogP contribution is 2.21. The number of carbonyl (C=O) groups excluding carboxylic acids is 1. The molecule has 0 aliphatic carbocycles. The van der Waals surface area contributed by atoms with Crippen LogP contribution in [0.5, 0.6) is 0 Å². The highest BCUT2D eigenvalue weighted by atomic mass is 79.9. The van der Waals surface area contributed by atoms with Crippen LogP contribution in [0.4, 0.5) is 0 Å². The molecule has 0 amide bonds. The van der Waals surface area contributed by atoms with E-state index in [1.165, 1.54) is 0 Å². The molecule has 1 heterocycles. The summed E-state index contributed by atoms with van der Waals surface area (Å²) in [4.78, 5) is 11.5. The Morgan fingerprint density at radius 2 is 2.33 bits per heavy atom. The summed E-state index contributed by atoms with van der Waals surface area (Å²) in [5, 5.41) is 4.33. The number of allylic oxidation sites excluding steroid dienone is 1. The molecule has 0 radical (unpaired) electrons. The first-order valence-electron chi connectivity index (χ1n) is 4.94. The number of hydrogen-bond acceptors (Lipinski definition) is 2. The zero-order valence-corrected chi connectivity index (χ0v) is 10.7. The second kappa shape index (κ2) is 5.26. The van der Waals surface area contributed by atoms with Crippen molar-refractivity contribution in [1.29, 1.82) is 0 Å². The summed E-state index contributed by atoms with van der Waals surface area (Å²) in [5.41, 5.74) is 1.89. The Morgan fingerprint density at radius 3 is 2.87 bits per heavy atom. The van der Waals surface area contributed by atoms with E-state index in [0.717, 1.165) is 22.4 Å². The van der Waals surface area contributed by atoms with Crippen molar-refractivity contribution in [3.8, 4) is 0 Å². The molecule has 15 heavy (non-hydrogen) atoms. The Morgan fingerprint density at radius 1 is 1.67 bits per heavy atom. The number of aromatic nitrogens is 2. The third-order valence-electron chi connectivity index (χ3n) is 2.19. The fraction of sp³-hybridized carbons (Fsp3) is 0.455. The van der Waals surface area contributed by atoms with Crippen LogP contribution >= 0.6 is 15.9 Å². The fourth-order valence-corrected chi connectivity index (χ4v) is 1.88. The molecule has 1 aromatic heterocycles. The number of carbonyl (C=O) groups is 1. The summed E-state index contributed by atoms with van der Waals surface area (Å²) in [6, 6.07) is 0. The van der Waals surface area contributed by atoms with Gasteiger partial charge in [0, 0.05) is 19.4 Å². The first kappa shape index (κ1) is 12.2. The summed E-state index contributed by atoms with van der Waals surface area (Å²) in [6.07, 6.45) is 2.47. The summed E-state index contributed by atoms with van der Waals surface area (Å²) in [7, 11) is 0. The second-order valence-corrected chi connectivity index (χ2v) is 4.16. The summed E-state index contributed by atoms with van der Waals surface area (Å²) >= 11 is 3.46. The van der Waals surface area contributed by atoms with Gasteiger partial charge in [-0.25, -0.2) is 0 Å². The minimum atomic E-state index is 0.167. The van der Waals surface area contributed by atoms with Crippen molar-refractivity contribution in [2.24, 2.45) is 0 Å². The minimum Gasteiger partial charge on any atom is -0.299 e. The van der Waals surface area contributed by atoms with E-state index in [9.17, 15) is 4.79 Å². The van der Waals surface area contributed by atoms with Gasteiger partial charge in [0.1, 0.15) is 5.78 Å². The molecular weight excluding hydrogens is 256 g/mol. The predicted octanol–water partition coefficient (Wildman–Crippen LogP) is 2.66. The molecule has 1 rings (SSSR count). The van der Waals surface area contributed by atoms with Gasteiger partial charge in [-0.2, -0.15) is 5.10 Å². The zero-order valence-electron chi connectivity index (χ0n) is 9.09. The lowest BCUT2D eigenvalue weighted by Crippen LogP contribution is -2.09. The number of Topliss-reactive ketones (excluding diaryl/α,β-unsaturated/α-hetero) is 1. The normalized spacial score (nSPS) is 10.3. The van der Waals surface area contributed by atoms with E-state index in [1.54, 1.807) is 6.08 Å². The molecule has 0 aliphatic rings. The van der Waals surface area contributed by atoms with Crippen molar-refractivity contribution in [2.75, 3.05) is 0 Å². The monoisotopic (exact) mass is 270 g/mol. The summed E-state index contributed by atoms with van der Waals surface area (Å²) in [6.45, 7) is 8.28. The molecule has 0 unspecified atom stereocenters. The lowest BCUT2D eigenvalue weighted by Gasteiger charge is -2.03. The summed E-state index contributed by atoms with van der Waals surface area (Å²) < 4.78 is 2.81. The Balaban J connectivity index is 2.92. The van der Waals surface area contributed by atoms with Gasteiger partial charge in [0.2, 0.25) is 0 Å². The Labute approximate surface area is 98.3 Å². The van der Waals surface area contributed by atoms with Crippen LogP contribution in [0.25, 0.3) is 0 Å². The first-order valence-corrected chi connectivity index (χ1v) is 5.73. The zero-order chi connectivity index (χ0) is 11.4. The van der Waals surface area contributed by atoms with Crippen molar-refractivity contribution in [1.82, 2.24) is 9.78 Å². The van der Waals surface area contributed by atoms with Gasteiger partial charge in [0.05, 0.1) is 15.9 Å². The largest absolute Gasteiger partial charge is 0.299 e. The minimum absolute atomic E-state index is 0.167. The average molecular weight is 271 g/mol. The van der Waals surface area contributed by atoms with Crippen LogP contribution in [0, 0.1) is 6.92 Å². The maximum Gasteiger partial charge on any atom is 0.142 e. The van der Waals surface area contributed by atoms with Crippen molar-refractivity contribution in [3.63, 3.8) is 0 Å². The van der Waals surface area contributed by atoms with Gasteiger partial charge in [0.25, 0.3) is 0 Å². The molecule has 0 N–H and O–H groups in total. The first-order chi connectivity index (χ1) is 7.10. The lowest BCUT2D eigenvalue weighted by atomic mass is 10.1. The Bertz CT molecular complexity index is 382. The molecule has 0 aromatic carbocycles. The van der Waals surface area contributed by atoms with Gasteiger partial charge >= 0.3 is 0 Å². The van der Waals surface area contributed by atoms with Crippen molar-refractivity contribution < 1.29 is 4.79 Å². The number of hydrogen-bond donors (Lipinski definition) is 0. The van der Waals surface area contributed by atoms with Crippen molar-refractivity contribution in [3.05, 3.63) is 28.5 Å². The van der Waals surface area contributed by atoms with E-state index in [0.29, 0.717) is 12.8 Å². The van der Waals surface area contributed by atoms with Crippen LogP contribution in [0.3, 0.4) is 0 Å². The SMILES string of the molecule is C=CCC(=O)Cc1c(Br)c(C)nn1CC. The van der Waals surface area contributed by atoms with Crippen molar-refractivity contribution in [2.45, 2.75) is 33.2 Å². The maximum absolute atomic E-state index is 11.5. The highest BCUT2D eigenvalue weighted by molar-refractivity contribution is 9.10. The number of halogens is 1. The third kappa shape index (κ3) is 2.78. The molecule has 0 aliphatic heterocycles. The van der Waals surface area contributed by atoms with E-state index in [2.05, 4.69) is 27.6 Å². The van der Waals surface area contributed by atoms with Gasteiger partial charge < -0.3 is 0 Å². The van der Waals surface area contributed by atoms with E-state index in [4.69, 9.17) is 0 Å². The van der Waals surface area contributed by atoms with Crippen molar-refractivity contribution >= 4 is 21.7 Å². The van der Waals surface area contributed by atoms with Crippen LogP contribution in [0.2, 0.25) is 0 Å². The highest BCUT2D eigenvalue weighted by Gasteiger charge is 2.14. The molecule has 0 saturated heterocycles. The molecule has 82 valence electrons. The van der Waals surface area contributed by atoms with E-state index < -0.39 is 0 Å². The summed E-state index contributed by atoms with van der Waals surface area (Å²) in [5.74, 6) is 0.167. The molecule has 1 aromatic rings. The molecule has 0 spiro atoms. The fourth-order valence-electron chi connectivity index (χ4n) is 1.46. The van der Waals surface area contributed by atoms with Gasteiger partial charge in [-0.1, -0.05) is 6.08 Å². The second-order valence-electron chi connectivity index (χ2n) is 3.37. The maximum atomic E-state index is 11.5. The van der Waals surface area contributed by atoms with Crippen LogP contribution < -0.4 is 0 Å². The Hall–Kier alpha value is -0.900. The van der Waals surface area contributed by atoms with E-state index in [1.807, 2.05) is 18.5 Å². The molecule has 0 fully saturated rings. The van der Waals surface area contributed by atoms with Crippen LogP contribution in [0.15, 0.2) is 17.1 Å². The quantitative estimate of drug-likeness (QED) is 0.772. The average Bonchev–Trinajstić information content (AvgIpc) is 2.46. The molecule has 0 atom stereocenters. The van der Waals surface area contributed by atoms with E-state index >= 15 is 0 Å². The third-order valence-corrected chi connectivity index (χ3v) is 3.22. The number of ketones is 1. The lowest BCUT2D eigenvalue weighted by molar-refractivity contribution is -0.117. The Kier molecular flexibility index (Phi) is 4.27. The molecule has 3 nitrogen and oxygen atoms in total.